The second-order valence-corrected chi connectivity index (χ2v) is 7.95. The molecule has 3 aromatic carbocycles. The quantitative estimate of drug-likeness (QED) is 0.313. The summed E-state index contributed by atoms with van der Waals surface area (Å²) in [4.78, 5) is 12.4. The molecule has 0 bridgehead atoms. The van der Waals surface area contributed by atoms with Gasteiger partial charge in [0.25, 0.3) is 5.91 Å². The van der Waals surface area contributed by atoms with Gasteiger partial charge in [-0.3, -0.25) is 4.79 Å². The highest BCUT2D eigenvalue weighted by Gasteiger charge is 2.13. The summed E-state index contributed by atoms with van der Waals surface area (Å²) in [6, 6.07) is 25.1. The normalized spacial score (nSPS) is 11.0. The highest BCUT2D eigenvalue weighted by Crippen LogP contribution is 2.26. The van der Waals surface area contributed by atoms with Crippen LogP contribution in [0.4, 0.5) is 0 Å². The summed E-state index contributed by atoms with van der Waals surface area (Å²) in [6.45, 7) is 2.67. The largest absolute Gasteiger partial charge is 0.340 e. The molecule has 1 amide bonds. The molecule has 1 heterocycles. The molecule has 5 nitrogen and oxygen atoms in total. The molecule has 0 fully saturated rings. The van der Waals surface area contributed by atoms with Gasteiger partial charge in [-0.15, -0.1) is 0 Å². The molecule has 0 spiro atoms. The molecule has 6 heteroatoms. The second kappa shape index (κ2) is 8.99. The number of carbonyl (C=O) groups excluding carboxylic acids is 1. The van der Waals surface area contributed by atoms with Crippen molar-refractivity contribution in [1.29, 1.82) is 5.26 Å². The summed E-state index contributed by atoms with van der Waals surface area (Å²) in [7, 11) is 0. The smallest absolute Gasteiger partial charge is 0.272 e. The lowest BCUT2D eigenvalue weighted by Gasteiger charge is -2.09. The van der Waals surface area contributed by atoms with Gasteiger partial charge in [-0.1, -0.05) is 42.5 Å². The van der Waals surface area contributed by atoms with Gasteiger partial charge in [0, 0.05) is 33.2 Å². The molecule has 0 aliphatic heterocycles. The number of amides is 1. The molecule has 4 aromatic rings. The van der Waals surface area contributed by atoms with Crippen LogP contribution in [0.15, 0.2) is 82.4 Å². The highest BCUT2D eigenvalue weighted by molar-refractivity contribution is 9.10. The molecule has 0 aliphatic rings. The summed E-state index contributed by atoms with van der Waals surface area (Å²) in [6.07, 6.45) is 1.69. The number of carbonyl (C=O) groups is 1. The van der Waals surface area contributed by atoms with Crippen molar-refractivity contribution in [2.75, 3.05) is 0 Å². The van der Waals surface area contributed by atoms with Crippen LogP contribution in [0.2, 0.25) is 0 Å². The van der Waals surface area contributed by atoms with Crippen molar-refractivity contribution >= 4 is 39.0 Å². The van der Waals surface area contributed by atoms with E-state index in [1.807, 2.05) is 61.5 Å². The topological polar surface area (TPSA) is 70.2 Å². The van der Waals surface area contributed by atoms with Gasteiger partial charge in [0.15, 0.2) is 0 Å². The van der Waals surface area contributed by atoms with E-state index >= 15 is 0 Å². The fraction of sp³-hybridized carbons (Fsp3) is 0.0800. The molecule has 31 heavy (non-hydrogen) atoms. The molecular weight excluding hydrogens is 452 g/mol. The number of benzene rings is 3. The number of nitrogens with one attached hydrogen (secondary N) is 1. The third kappa shape index (κ3) is 4.27. The fourth-order valence-electron chi connectivity index (χ4n) is 3.61. The molecule has 0 unspecified atom stereocenters. The van der Waals surface area contributed by atoms with E-state index < -0.39 is 0 Å². The average Bonchev–Trinajstić information content (AvgIpc) is 3.05. The zero-order valence-corrected chi connectivity index (χ0v) is 18.4. The van der Waals surface area contributed by atoms with Crippen LogP contribution in [-0.4, -0.2) is 16.7 Å². The maximum atomic E-state index is 12.4. The molecule has 152 valence electrons. The van der Waals surface area contributed by atoms with Gasteiger partial charge in [0.05, 0.1) is 23.4 Å². The van der Waals surface area contributed by atoms with Crippen LogP contribution in [0.3, 0.4) is 0 Å². The zero-order valence-electron chi connectivity index (χ0n) is 16.8. The molecule has 0 atom stereocenters. The predicted octanol–water partition coefficient (Wildman–Crippen LogP) is 5.40. The number of nitriles is 1. The van der Waals surface area contributed by atoms with E-state index in [2.05, 4.69) is 43.2 Å². The Kier molecular flexibility index (Phi) is 5.96. The lowest BCUT2D eigenvalue weighted by molar-refractivity contribution is 0.0954. The molecule has 0 radical (unpaired) electrons. The van der Waals surface area contributed by atoms with Crippen LogP contribution in [0.5, 0.6) is 0 Å². The minimum atomic E-state index is -0.279. The monoisotopic (exact) mass is 470 g/mol. The van der Waals surface area contributed by atoms with E-state index in [0.717, 1.165) is 32.2 Å². The Morgan fingerprint density at radius 1 is 1.13 bits per heavy atom. The minimum Gasteiger partial charge on any atom is -0.340 e. The van der Waals surface area contributed by atoms with E-state index in [9.17, 15) is 10.1 Å². The van der Waals surface area contributed by atoms with Gasteiger partial charge >= 0.3 is 0 Å². The van der Waals surface area contributed by atoms with Crippen molar-refractivity contribution in [3.8, 4) is 6.07 Å². The summed E-state index contributed by atoms with van der Waals surface area (Å²) >= 11 is 3.39. The van der Waals surface area contributed by atoms with Gasteiger partial charge in [-0.2, -0.15) is 10.4 Å². The van der Waals surface area contributed by atoms with Crippen LogP contribution < -0.4 is 5.43 Å². The lowest BCUT2D eigenvalue weighted by atomic mass is 10.1. The molecule has 0 aliphatic carbocycles. The van der Waals surface area contributed by atoms with Gasteiger partial charge in [-0.25, -0.2) is 5.43 Å². The van der Waals surface area contributed by atoms with Gasteiger partial charge in [0.2, 0.25) is 0 Å². The van der Waals surface area contributed by atoms with Crippen LogP contribution in [0.1, 0.15) is 32.7 Å². The Balaban J connectivity index is 1.65. The van der Waals surface area contributed by atoms with E-state index in [1.165, 1.54) is 0 Å². The van der Waals surface area contributed by atoms with Crippen molar-refractivity contribution in [3.63, 3.8) is 0 Å². The maximum absolute atomic E-state index is 12.4. The fourth-order valence-corrected chi connectivity index (χ4v) is 4.07. The molecule has 0 saturated carbocycles. The van der Waals surface area contributed by atoms with Gasteiger partial charge < -0.3 is 4.57 Å². The molecule has 1 N–H and O–H groups in total. The first-order valence-electron chi connectivity index (χ1n) is 9.73. The standard InChI is InChI=1S/C25H19BrN4O/c1-17-22(15-28-29-25(31)21-10-2-4-11-23(21)26)20-9-3-5-12-24(20)30(17)16-19-8-6-7-18(13-19)14-27/h2-13,15H,16H2,1H3,(H,29,31)/b28-15-. The summed E-state index contributed by atoms with van der Waals surface area (Å²) in [5.74, 6) is -0.279. The number of hydrogen-bond donors (Lipinski definition) is 1. The number of aromatic nitrogens is 1. The number of rotatable bonds is 5. The van der Waals surface area contributed by atoms with Crippen molar-refractivity contribution in [2.24, 2.45) is 5.10 Å². The SMILES string of the molecule is Cc1c(/C=N\NC(=O)c2ccccc2Br)c2ccccc2n1Cc1cccc(C#N)c1. The second-order valence-electron chi connectivity index (χ2n) is 7.09. The van der Waals surface area contributed by atoms with Gasteiger partial charge in [-0.05, 0) is 58.7 Å². The van der Waals surface area contributed by atoms with Crippen LogP contribution in [0.25, 0.3) is 10.9 Å². The maximum Gasteiger partial charge on any atom is 0.272 e. The summed E-state index contributed by atoms with van der Waals surface area (Å²) < 4.78 is 2.91. The first-order valence-corrected chi connectivity index (χ1v) is 10.5. The Hall–Kier alpha value is -3.69. The third-order valence-electron chi connectivity index (χ3n) is 5.15. The van der Waals surface area contributed by atoms with Crippen LogP contribution in [-0.2, 0) is 6.54 Å². The minimum absolute atomic E-state index is 0.279. The van der Waals surface area contributed by atoms with E-state index in [1.54, 1.807) is 18.3 Å². The Bertz CT molecular complexity index is 1350. The summed E-state index contributed by atoms with van der Waals surface area (Å²) in [5, 5.41) is 14.5. The number of nitrogens with zero attached hydrogens (tertiary/aromatic N) is 3. The van der Waals surface area contributed by atoms with Crippen molar-refractivity contribution in [2.45, 2.75) is 13.5 Å². The zero-order chi connectivity index (χ0) is 21.8. The summed E-state index contributed by atoms with van der Waals surface area (Å²) in [5.41, 5.74) is 7.87. The Morgan fingerprint density at radius 3 is 2.71 bits per heavy atom. The first-order chi connectivity index (χ1) is 15.1. The Labute approximate surface area is 188 Å². The predicted molar refractivity (Wildman–Crippen MR) is 126 cm³/mol. The van der Waals surface area contributed by atoms with E-state index in [4.69, 9.17) is 0 Å². The number of hydrogen-bond acceptors (Lipinski definition) is 3. The van der Waals surface area contributed by atoms with Crippen molar-refractivity contribution in [3.05, 3.63) is 105 Å². The van der Waals surface area contributed by atoms with E-state index in [0.29, 0.717) is 17.7 Å². The van der Waals surface area contributed by atoms with E-state index in [-0.39, 0.29) is 5.91 Å². The Morgan fingerprint density at radius 2 is 1.90 bits per heavy atom. The number of fused-ring (bicyclic) bond motifs is 1. The van der Waals surface area contributed by atoms with Crippen LogP contribution in [0, 0.1) is 18.3 Å². The third-order valence-corrected chi connectivity index (χ3v) is 5.85. The number of hydrazone groups is 1. The first kappa shape index (κ1) is 20.6. The molecular formula is C25H19BrN4O. The molecule has 4 rings (SSSR count). The van der Waals surface area contributed by atoms with Crippen LogP contribution >= 0.6 is 15.9 Å². The number of para-hydroxylation sites is 1. The van der Waals surface area contributed by atoms with Gasteiger partial charge in [0.1, 0.15) is 0 Å². The van der Waals surface area contributed by atoms with Crippen molar-refractivity contribution in [1.82, 2.24) is 9.99 Å². The van der Waals surface area contributed by atoms with Crippen molar-refractivity contribution < 1.29 is 4.79 Å². The molecule has 1 aromatic heterocycles. The lowest BCUT2D eigenvalue weighted by Crippen LogP contribution is -2.18. The number of halogens is 1. The highest BCUT2D eigenvalue weighted by atomic mass is 79.9. The molecule has 0 saturated heterocycles. The average molecular weight is 471 g/mol.